The number of aliphatic carboxylic acids is 4. The van der Waals surface area contributed by atoms with E-state index in [9.17, 15) is 19.2 Å². The van der Waals surface area contributed by atoms with Gasteiger partial charge in [0.2, 0.25) is 5.69 Å². The molecular weight excluding hydrogens is 3020 g/mol. The molecule has 6 aromatic carbocycles. The molecule has 0 aliphatic carbocycles. The molecule has 3 atom stereocenters. The predicted octanol–water partition coefficient (Wildman–Crippen LogP) is 29.9. The molecule has 0 bridgehead atoms. The van der Waals surface area contributed by atoms with Crippen LogP contribution in [0.1, 0.15) is 259 Å². The molecule has 646 valence electrons. The maximum Gasteiger partial charge on any atom is 0.425 e. The molecule has 3 unspecified atom stereocenters. The van der Waals surface area contributed by atoms with E-state index in [0.29, 0.717) is 0 Å². The van der Waals surface area contributed by atoms with Crippen molar-refractivity contribution in [3.8, 4) is 0 Å². The van der Waals surface area contributed by atoms with Crippen LogP contribution in [0, 0.1) is 42.8 Å². The fraction of sp³-hybridized carbons (Fsp3) is 0.471. The van der Waals surface area contributed by atoms with E-state index in [1.165, 1.54) is 110 Å². The summed E-state index contributed by atoms with van der Waals surface area (Å²) >= 11 is 36.0. The lowest BCUT2D eigenvalue weighted by Crippen LogP contribution is -2.31. The van der Waals surface area contributed by atoms with Gasteiger partial charge in [0.25, 0.3) is 0 Å². The van der Waals surface area contributed by atoms with E-state index >= 15 is 0 Å². The highest BCUT2D eigenvalue weighted by atomic mass is 127. The van der Waals surface area contributed by atoms with Gasteiger partial charge in [-0.25, -0.2) is 0 Å². The molecule has 6 aromatic rings. The van der Waals surface area contributed by atoms with Gasteiger partial charge >= 0.3 is 34.5 Å². The third-order valence-corrected chi connectivity index (χ3v) is 38.9. The lowest BCUT2D eigenvalue weighted by Gasteiger charge is -2.27. The number of carboxylic acid groups (broad SMARTS) is 4. The van der Waals surface area contributed by atoms with Gasteiger partial charge in [-0.2, -0.15) is 4.58 Å². The van der Waals surface area contributed by atoms with Crippen LogP contribution < -0.4 is 0 Å². The molecule has 0 amide bonds. The summed E-state index contributed by atoms with van der Waals surface area (Å²) in [5, 5.41) is 35.1. The average Bonchev–Trinajstić information content (AvgIpc) is 1.57. The first-order valence-corrected chi connectivity index (χ1v) is 54.1. The van der Waals surface area contributed by atoms with Gasteiger partial charge in [0.15, 0.2) is 5.71 Å². The van der Waals surface area contributed by atoms with Crippen LogP contribution >= 0.6 is 303 Å². The highest BCUT2D eigenvalue weighted by Crippen LogP contribution is 2.53. The Morgan fingerprint density at radius 2 is 0.647 bits per heavy atom. The number of unbranched alkanes of at least 4 members (excludes halogenated alkanes) is 8. The lowest BCUT2D eigenvalue weighted by atomic mass is 9.76. The Hall–Kier alpha value is 0.560. The van der Waals surface area contributed by atoms with Crippen LogP contribution in [0.4, 0.5) is 34.1 Å². The number of fused-ring (bicyclic) bond motifs is 6. The molecule has 6 aliphatic heterocycles. The average molecular weight is 3120 g/mol. The van der Waals surface area contributed by atoms with Crippen molar-refractivity contribution >= 4 is 406 Å². The second kappa shape index (κ2) is 47.6. The number of nitrogens with zero attached hydrogens (tertiary/aromatic N) is 6. The molecule has 32 heteroatoms. The summed E-state index contributed by atoms with van der Waals surface area (Å²) in [5.41, 5.74) is 22.6. The van der Waals surface area contributed by atoms with Crippen LogP contribution in [-0.2, 0) is 62.3 Å². The number of halogens is 14. The van der Waals surface area contributed by atoms with E-state index in [4.69, 9.17) is 43.0 Å². The molecule has 6 heterocycles. The number of benzene rings is 6. The molecule has 6 aliphatic rings. The van der Waals surface area contributed by atoms with Crippen LogP contribution in [-0.4, -0.2) is 102 Å². The zero-order valence-corrected chi connectivity index (χ0v) is 98.8. The van der Waals surface area contributed by atoms with E-state index in [1.807, 2.05) is 0 Å². The summed E-state index contributed by atoms with van der Waals surface area (Å²) in [6, 6.07) is 21.7. The first kappa shape index (κ1) is 108. The second-order valence-electron chi connectivity index (χ2n) is 32.3. The van der Waals surface area contributed by atoms with Crippen molar-refractivity contribution in [2.45, 2.75) is 258 Å². The first-order chi connectivity index (χ1) is 55.2. The number of aliphatic imine (C=N–C) groups is 5. The molecule has 0 saturated carbocycles. The molecule has 12 rings (SSSR count). The van der Waals surface area contributed by atoms with Gasteiger partial charge in [-0.15, -0.1) is 12.6 Å². The molecular formula is C87H99Br2I12N6O11S+. The van der Waals surface area contributed by atoms with Crippen molar-refractivity contribution in [2.75, 3.05) is 6.54 Å². The van der Waals surface area contributed by atoms with Gasteiger partial charge in [0, 0.05) is 180 Å². The number of hydrogen-bond donors (Lipinski definition) is 4. The lowest BCUT2D eigenvalue weighted by molar-refractivity contribution is -0.439. The number of hydrogen-bond acceptors (Lipinski definition) is 12. The monoisotopic (exact) mass is 3120 g/mol. The van der Waals surface area contributed by atoms with Gasteiger partial charge in [0.05, 0.1) is 39.4 Å². The Morgan fingerprint density at radius 3 is 1.03 bits per heavy atom. The smallest absolute Gasteiger partial charge is 0.425 e. The quantitative estimate of drug-likeness (QED) is 0.0192. The maximum atomic E-state index is 10.8. The van der Waals surface area contributed by atoms with E-state index in [1.54, 1.807) is 0 Å². The van der Waals surface area contributed by atoms with Crippen LogP contribution in [0.25, 0.3) is 0 Å². The molecule has 17 nitrogen and oxygen atoms in total. The van der Waals surface area contributed by atoms with E-state index in [0.717, 1.165) is 146 Å². The summed E-state index contributed by atoms with van der Waals surface area (Å²) in [7, 11) is -3.11. The largest absolute Gasteiger partial charge is 0.481 e. The Labute approximate surface area is 884 Å². The number of carbonyl (C=O) groups is 4. The highest BCUT2D eigenvalue weighted by molar-refractivity contribution is 14.1. The summed E-state index contributed by atoms with van der Waals surface area (Å²) in [4.78, 5) is 66.1. The summed E-state index contributed by atoms with van der Waals surface area (Å²) < 4.78 is 45.4. The predicted molar refractivity (Wildman–Crippen MR) is 595 cm³/mol. The number of carboxylic acids is 4. The van der Waals surface area contributed by atoms with Gasteiger partial charge in [-0.05, 0) is 419 Å². The minimum Gasteiger partial charge on any atom is -0.481 e. The minimum absolute atomic E-state index is 0.000575. The molecule has 0 spiro atoms. The normalized spacial score (nSPS) is 18.3. The zero-order chi connectivity index (χ0) is 89.7. The third-order valence-electron chi connectivity index (χ3n) is 23.2. The van der Waals surface area contributed by atoms with Crippen LogP contribution in [0.2, 0.25) is 0 Å². The van der Waals surface area contributed by atoms with Gasteiger partial charge in [0.1, 0.15) is 6.54 Å². The third kappa shape index (κ3) is 28.1. The molecule has 119 heavy (non-hydrogen) atoms. The highest BCUT2D eigenvalue weighted by Gasteiger charge is 2.49. The van der Waals surface area contributed by atoms with Crippen molar-refractivity contribution < 1.29 is 56.8 Å². The van der Waals surface area contributed by atoms with Crippen LogP contribution in [0.15, 0.2) is 94.6 Å². The standard InChI is InChI=1S/C22H28I3NO4.C16H19Br2NO2.C16H19I2NO2.C11H10I3N.2C11H11I2N.O3S/c1-14-22(2,11-7-3-5-9-17(27)28)19-16(13-15(23)20(24)21(19)25)26(14)12-8-4-6-10-18(29)30;2*1-10-16(2,7-5-3-4-6-14(20)21)15-12(18)8-11(17)9-13(15)19-10;1-5-11(2,3)8-7(15-5)4-6(12)9(13)10(8)14;2*1-6-11(2,3)10-8(13)4-7(12)5-9(10)14-6;1-4(2)3/h13H,3-12H2,1-2H3,(H-,27,28,29,30);2*8-9H,3-7H2,1-2H3,(H,20,21);4H,1-3H3;2*4-5H,1-3H3;/p+1. The van der Waals surface area contributed by atoms with Crippen molar-refractivity contribution in [1.82, 2.24) is 0 Å². The Kier molecular flexibility index (Phi) is 43.3. The molecule has 0 radical (unpaired) electrons. The van der Waals surface area contributed by atoms with Crippen molar-refractivity contribution in [3.63, 3.8) is 0 Å². The molecule has 0 fully saturated rings. The molecule has 4 N–H and O–H groups in total. The van der Waals surface area contributed by atoms with Gasteiger partial charge in [-0.3, -0.25) is 44.1 Å². The molecule has 0 saturated heterocycles. The van der Waals surface area contributed by atoms with E-state index in [2.05, 4.69) is 487 Å². The van der Waals surface area contributed by atoms with Crippen LogP contribution in [0.3, 0.4) is 0 Å². The van der Waals surface area contributed by atoms with Crippen molar-refractivity contribution in [1.29, 1.82) is 0 Å². The van der Waals surface area contributed by atoms with Crippen molar-refractivity contribution in [2.24, 2.45) is 25.0 Å². The SMILES string of the molecule is CC1=Nc2cc(Br)cc(Br)c2C1(C)CCCCCC(=O)O.CC1=Nc2cc(I)c(I)c(I)c2C1(C)C.CC1=Nc2cc(I)cc(I)c2C1(C)C.CC1=Nc2cc(I)cc(I)c2C1(C)C.CC1=Nc2cc(I)cc(I)c2C1(C)CCCCCC(=O)O.CC1=[N+](CCCCCC(=O)O)c2cc(I)c(I)c(I)c2C1(C)CCCCCC(=O)O.O=S(=O)=O. The van der Waals surface area contributed by atoms with Gasteiger partial charge < -0.3 is 20.4 Å². The topological polar surface area (TPSA) is 265 Å². The minimum atomic E-state index is -3.11. The summed E-state index contributed by atoms with van der Waals surface area (Å²) in [6.45, 7) is 34.0. The summed E-state index contributed by atoms with van der Waals surface area (Å²) in [6.07, 6.45) is 14.8. The summed E-state index contributed by atoms with van der Waals surface area (Å²) in [5.74, 6) is -2.85. The Balaban J connectivity index is 0.000000224. The van der Waals surface area contributed by atoms with Crippen molar-refractivity contribution in [3.05, 3.63) is 146 Å². The van der Waals surface area contributed by atoms with E-state index < -0.39 is 34.5 Å². The zero-order valence-electron chi connectivity index (χ0n) is 68.9. The second-order valence-corrected chi connectivity index (χ2v) is 48.3. The molecule has 0 aromatic heterocycles. The maximum absolute atomic E-state index is 10.8. The van der Waals surface area contributed by atoms with E-state index in [-0.39, 0.29) is 58.2 Å². The van der Waals surface area contributed by atoms with Crippen LogP contribution in [0.5, 0.6) is 0 Å². The van der Waals surface area contributed by atoms with Gasteiger partial charge in [-0.1, -0.05) is 126 Å². The fourth-order valence-corrected chi connectivity index (χ4v) is 29.8. The Morgan fingerprint density at radius 1 is 0.345 bits per heavy atom. The number of rotatable bonds is 24. The first-order valence-electron chi connectivity index (χ1n) is 38.6. The fourth-order valence-electron chi connectivity index (χ4n) is 15.4. The Bertz CT molecular complexity index is 5030.